The van der Waals surface area contributed by atoms with Crippen molar-refractivity contribution in [2.75, 3.05) is 0 Å². The SMILES string of the molecule is CC(C)=CC(=O)OCc1cccc(CO)c1. The fourth-order valence-corrected chi connectivity index (χ4v) is 1.25. The number of aliphatic hydroxyl groups excluding tert-OH is 1. The fourth-order valence-electron chi connectivity index (χ4n) is 1.25. The van der Waals surface area contributed by atoms with Crippen LogP contribution in [0.15, 0.2) is 35.9 Å². The summed E-state index contributed by atoms with van der Waals surface area (Å²) in [6, 6.07) is 7.32. The molecule has 1 N–H and O–H groups in total. The van der Waals surface area contributed by atoms with Crippen LogP contribution in [0, 0.1) is 0 Å². The lowest BCUT2D eigenvalue weighted by molar-refractivity contribution is -0.139. The van der Waals surface area contributed by atoms with Gasteiger partial charge in [-0.25, -0.2) is 4.79 Å². The second-order valence-electron chi connectivity index (χ2n) is 3.81. The van der Waals surface area contributed by atoms with E-state index in [-0.39, 0.29) is 19.2 Å². The Morgan fingerprint density at radius 2 is 2.06 bits per heavy atom. The van der Waals surface area contributed by atoms with Gasteiger partial charge in [-0.05, 0) is 25.0 Å². The van der Waals surface area contributed by atoms with Gasteiger partial charge in [-0.15, -0.1) is 0 Å². The average Bonchev–Trinajstić information content (AvgIpc) is 2.26. The highest BCUT2D eigenvalue weighted by molar-refractivity contribution is 5.82. The molecule has 0 unspecified atom stereocenters. The highest BCUT2D eigenvalue weighted by atomic mass is 16.5. The summed E-state index contributed by atoms with van der Waals surface area (Å²) in [7, 11) is 0. The molecule has 1 aromatic rings. The van der Waals surface area contributed by atoms with Gasteiger partial charge in [-0.3, -0.25) is 0 Å². The molecule has 0 fully saturated rings. The zero-order valence-corrected chi connectivity index (χ0v) is 9.56. The maximum Gasteiger partial charge on any atom is 0.331 e. The number of esters is 1. The summed E-state index contributed by atoms with van der Waals surface area (Å²) >= 11 is 0. The molecule has 0 saturated carbocycles. The summed E-state index contributed by atoms with van der Waals surface area (Å²) in [6.07, 6.45) is 1.45. The van der Waals surface area contributed by atoms with Crippen molar-refractivity contribution in [1.82, 2.24) is 0 Å². The van der Waals surface area contributed by atoms with Crippen LogP contribution in [0.1, 0.15) is 25.0 Å². The van der Waals surface area contributed by atoms with Crippen LogP contribution in [-0.4, -0.2) is 11.1 Å². The number of ether oxygens (including phenoxy) is 1. The third kappa shape index (κ3) is 4.28. The number of allylic oxidation sites excluding steroid dienone is 1. The Morgan fingerprint density at radius 3 is 2.69 bits per heavy atom. The third-order valence-corrected chi connectivity index (χ3v) is 1.96. The molecule has 0 amide bonds. The molecule has 16 heavy (non-hydrogen) atoms. The number of rotatable bonds is 4. The van der Waals surface area contributed by atoms with Crippen LogP contribution in [0.4, 0.5) is 0 Å². The van der Waals surface area contributed by atoms with E-state index in [0.717, 1.165) is 16.7 Å². The van der Waals surface area contributed by atoms with E-state index in [2.05, 4.69) is 0 Å². The van der Waals surface area contributed by atoms with Crippen LogP contribution >= 0.6 is 0 Å². The highest BCUT2D eigenvalue weighted by Crippen LogP contribution is 2.07. The summed E-state index contributed by atoms with van der Waals surface area (Å²) in [4.78, 5) is 11.2. The molecule has 0 saturated heterocycles. The molecule has 0 radical (unpaired) electrons. The predicted octanol–water partition coefficient (Wildman–Crippen LogP) is 2.19. The second-order valence-corrected chi connectivity index (χ2v) is 3.81. The molecule has 1 aromatic carbocycles. The van der Waals surface area contributed by atoms with Crippen molar-refractivity contribution < 1.29 is 14.6 Å². The number of hydrogen-bond donors (Lipinski definition) is 1. The highest BCUT2D eigenvalue weighted by Gasteiger charge is 2.00. The Labute approximate surface area is 95.4 Å². The lowest BCUT2D eigenvalue weighted by Crippen LogP contribution is -2.01. The molecule has 86 valence electrons. The van der Waals surface area contributed by atoms with Gasteiger partial charge in [-0.1, -0.05) is 29.8 Å². The molecule has 3 nitrogen and oxygen atoms in total. The van der Waals surface area contributed by atoms with Crippen molar-refractivity contribution >= 4 is 5.97 Å². The van der Waals surface area contributed by atoms with E-state index in [1.807, 2.05) is 38.1 Å². The lowest BCUT2D eigenvalue weighted by Gasteiger charge is -2.04. The van der Waals surface area contributed by atoms with Crippen LogP contribution in [0.5, 0.6) is 0 Å². The van der Waals surface area contributed by atoms with Crippen LogP contribution < -0.4 is 0 Å². The van der Waals surface area contributed by atoms with Crippen LogP contribution in [0.2, 0.25) is 0 Å². The van der Waals surface area contributed by atoms with Gasteiger partial charge in [0.1, 0.15) is 6.61 Å². The van der Waals surface area contributed by atoms with Gasteiger partial charge in [0.25, 0.3) is 0 Å². The molecular formula is C13H16O3. The number of carbonyl (C=O) groups is 1. The van der Waals surface area contributed by atoms with E-state index in [1.165, 1.54) is 6.08 Å². The van der Waals surface area contributed by atoms with E-state index in [9.17, 15) is 4.79 Å². The van der Waals surface area contributed by atoms with Crippen LogP contribution in [-0.2, 0) is 22.7 Å². The second kappa shape index (κ2) is 6.08. The number of benzene rings is 1. The summed E-state index contributed by atoms with van der Waals surface area (Å²) in [5.74, 6) is -0.339. The van der Waals surface area contributed by atoms with Gasteiger partial charge in [0, 0.05) is 6.08 Å². The molecule has 0 atom stereocenters. The van der Waals surface area contributed by atoms with Gasteiger partial charge in [-0.2, -0.15) is 0 Å². The first kappa shape index (κ1) is 12.5. The first-order chi connectivity index (χ1) is 7.61. The van der Waals surface area contributed by atoms with Crippen molar-refractivity contribution in [3.8, 4) is 0 Å². The minimum absolute atomic E-state index is 0.00421. The van der Waals surface area contributed by atoms with Crippen molar-refractivity contribution in [3.63, 3.8) is 0 Å². The quantitative estimate of drug-likeness (QED) is 0.625. The van der Waals surface area contributed by atoms with E-state index in [0.29, 0.717) is 0 Å². The Balaban J connectivity index is 2.54. The molecule has 0 aromatic heterocycles. The average molecular weight is 220 g/mol. The Hall–Kier alpha value is -1.61. The molecule has 0 aliphatic rings. The van der Waals surface area contributed by atoms with Crippen molar-refractivity contribution in [2.45, 2.75) is 27.1 Å². The van der Waals surface area contributed by atoms with Crippen molar-refractivity contribution in [2.24, 2.45) is 0 Å². The minimum Gasteiger partial charge on any atom is -0.458 e. The number of aliphatic hydroxyl groups is 1. The monoisotopic (exact) mass is 220 g/mol. The summed E-state index contributed by atoms with van der Waals surface area (Å²) in [5.41, 5.74) is 2.60. The molecule has 0 spiro atoms. The molecule has 0 aliphatic heterocycles. The van der Waals surface area contributed by atoms with Gasteiger partial charge in [0.15, 0.2) is 0 Å². The van der Waals surface area contributed by atoms with Crippen molar-refractivity contribution in [3.05, 3.63) is 47.0 Å². The minimum atomic E-state index is -0.339. The Bertz CT molecular complexity index is 390. The van der Waals surface area contributed by atoms with Crippen molar-refractivity contribution in [1.29, 1.82) is 0 Å². The lowest BCUT2D eigenvalue weighted by atomic mass is 10.1. The molecule has 0 bridgehead atoms. The van der Waals surface area contributed by atoms with E-state index < -0.39 is 0 Å². The van der Waals surface area contributed by atoms with E-state index in [4.69, 9.17) is 9.84 Å². The summed E-state index contributed by atoms with van der Waals surface area (Å²) in [5, 5.41) is 8.94. The fraction of sp³-hybridized carbons (Fsp3) is 0.308. The van der Waals surface area contributed by atoms with Crippen LogP contribution in [0.3, 0.4) is 0 Å². The maximum absolute atomic E-state index is 11.2. The Kier molecular flexibility index (Phi) is 4.73. The molecule has 3 heteroatoms. The van der Waals surface area contributed by atoms with Gasteiger partial charge < -0.3 is 9.84 Å². The first-order valence-electron chi connectivity index (χ1n) is 5.12. The van der Waals surface area contributed by atoms with E-state index >= 15 is 0 Å². The van der Waals surface area contributed by atoms with Gasteiger partial charge in [0.05, 0.1) is 6.61 Å². The molecular weight excluding hydrogens is 204 g/mol. The van der Waals surface area contributed by atoms with Gasteiger partial charge in [0.2, 0.25) is 0 Å². The smallest absolute Gasteiger partial charge is 0.331 e. The third-order valence-electron chi connectivity index (χ3n) is 1.96. The zero-order valence-electron chi connectivity index (χ0n) is 9.56. The molecule has 1 rings (SSSR count). The standard InChI is InChI=1S/C13H16O3/c1-10(2)6-13(15)16-9-12-5-3-4-11(7-12)8-14/h3-7,14H,8-9H2,1-2H3. The topological polar surface area (TPSA) is 46.5 Å². The molecule has 0 heterocycles. The van der Waals surface area contributed by atoms with Crippen LogP contribution in [0.25, 0.3) is 0 Å². The number of carbonyl (C=O) groups excluding carboxylic acids is 1. The largest absolute Gasteiger partial charge is 0.458 e. The maximum atomic E-state index is 11.2. The summed E-state index contributed by atoms with van der Waals surface area (Å²) in [6.45, 7) is 3.91. The Morgan fingerprint density at radius 1 is 1.38 bits per heavy atom. The first-order valence-corrected chi connectivity index (χ1v) is 5.12. The number of hydrogen-bond acceptors (Lipinski definition) is 3. The zero-order chi connectivity index (χ0) is 12.0. The molecule has 0 aliphatic carbocycles. The predicted molar refractivity (Wildman–Crippen MR) is 61.6 cm³/mol. The summed E-state index contributed by atoms with van der Waals surface area (Å²) < 4.78 is 5.04. The van der Waals surface area contributed by atoms with E-state index in [1.54, 1.807) is 0 Å². The normalized spacial score (nSPS) is 9.69. The van der Waals surface area contributed by atoms with Gasteiger partial charge >= 0.3 is 5.97 Å².